The van der Waals surface area contributed by atoms with Crippen LogP contribution in [0.3, 0.4) is 0 Å². The van der Waals surface area contributed by atoms with Crippen LogP contribution in [0.25, 0.3) is 0 Å². The Balaban J connectivity index is 0. The number of nitrogens with one attached hydrogen (secondary N) is 1. The number of likely N-dealkylation sites (tertiary alicyclic amines) is 1. The van der Waals surface area contributed by atoms with Crippen molar-refractivity contribution in [2.75, 3.05) is 20.6 Å². The second kappa shape index (κ2) is 13.1. The molecule has 0 aromatic rings. The molecule has 2 radical (unpaired) electrons. The van der Waals surface area contributed by atoms with E-state index in [1.807, 2.05) is 47.9 Å². The van der Waals surface area contributed by atoms with Gasteiger partial charge in [-0.2, -0.15) is 6.92 Å². The summed E-state index contributed by atoms with van der Waals surface area (Å²) in [5.74, 6) is 0.194. The number of likely N-dealkylation sites (N-methyl/N-ethyl adjacent to an activating group) is 2. The summed E-state index contributed by atoms with van der Waals surface area (Å²) < 4.78 is 0. The van der Waals surface area contributed by atoms with Gasteiger partial charge in [-0.25, -0.2) is 6.08 Å². The number of piperidine rings is 1. The van der Waals surface area contributed by atoms with Crippen LogP contribution in [0.1, 0.15) is 60.8 Å². The van der Waals surface area contributed by atoms with E-state index in [0.29, 0.717) is 0 Å². The maximum atomic E-state index is 13.3. The van der Waals surface area contributed by atoms with Gasteiger partial charge in [0.1, 0.15) is 6.04 Å². The van der Waals surface area contributed by atoms with E-state index in [4.69, 9.17) is 0 Å². The third-order valence-electron chi connectivity index (χ3n) is 5.29. The van der Waals surface area contributed by atoms with Crippen molar-refractivity contribution in [3.8, 4) is 0 Å². The average Bonchev–Trinajstić information content (AvgIpc) is 2.55. The normalized spacial score (nSPS) is 20.1. The summed E-state index contributed by atoms with van der Waals surface area (Å²) in [7, 11) is 3.80. The molecule has 7 heteroatoms. The summed E-state index contributed by atoms with van der Waals surface area (Å²) in [5, 5.41) is 3.07. The van der Waals surface area contributed by atoms with Gasteiger partial charge in [-0.1, -0.05) is 41.0 Å². The van der Waals surface area contributed by atoms with Crippen molar-refractivity contribution in [2.24, 2.45) is 11.3 Å². The van der Waals surface area contributed by atoms with Crippen LogP contribution < -0.4 is 5.32 Å². The van der Waals surface area contributed by atoms with Gasteiger partial charge in [0.05, 0.1) is 6.04 Å². The van der Waals surface area contributed by atoms with E-state index in [0.717, 1.165) is 25.8 Å². The van der Waals surface area contributed by atoms with Crippen molar-refractivity contribution in [2.45, 2.75) is 78.9 Å². The zero-order valence-electron chi connectivity index (χ0n) is 18.6. The molecule has 1 unspecified atom stereocenters. The molecule has 0 spiro atoms. The van der Waals surface area contributed by atoms with Crippen LogP contribution >= 0.6 is 0 Å². The van der Waals surface area contributed by atoms with Crippen molar-refractivity contribution >= 4 is 11.8 Å². The molecule has 1 aliphatic heterocycles. The van der Waals surface area contributed by atoms with Gasteiger partial charge in [-0.05, 0) is 37.8 Å². The predicted molar refractivity (Wildman–Crippen MR) is 107 cm³/mol. The Morgan fingerprint density at radius 2 is 1.79 bits per heavy atom. The first kappa shape index (κ1) is 29.9. The third kappa shape index (κ3) is 8.18. The standard InChI is InChI=1S/C21H38N3O2.2Co/c1-9-12-16(15(2)3)24(8)20(26)18(21(4,5)6)22-19(25)17-13-10-11-14-23(17)7;;/h12,15-18H,10-11,13-14H2,1-8H3,(H,22,25);;/q-1;;/t16-,17?,18-;;/m1../s1. The number of allylic oxidation sites excluding steroid dienone is 1. The van der Waals surface area contributed by atoms with Crippen LogP contribution in [0, 0.1) is 17.4 Å². The Labute approximate surface area is 192 Å². The van der Waals surface area contributed by atoms with Gasteiger partial charge < -0.3 is 16.3 Å². The molecular formula is C21H38Co2N3O2-. The molecule has 1 heterocycles. The van der Waals surface area contributed by atoms with E-state index < -0.39 is 6.04 Å². The molecule has 1 rings (SSSR count). The minimum atomic E-state index is -0.554. The fraction of sp³-hybridized carbons (Fsp3) is 0.810. The van der Waals surface area contributed by atoms with Gasteiger partial charge >= 0.3 is 0 Å². The zero-order chi connectivity index (χ0) is 20.1. The molecule has 0 aliphatic carbocycles. The molecule has 3 atom stereocenters. The number of rotatable bonds is 6. The molecule has 1 aliphatic rings. The summed E-state index contributed by atoms with van der Waals surface area (Å²) in [4.78, 5) is 30.0. The Kier molecular flexibility index (Phi) is 13.9. The third-order valence-corrected chi connectivity index (χ3v) is 5.29. The van der Waals surface area contributed by atoms with Crippen LogP contribution in [0.4, 0.5) is 0 Å². The second-order valence-electron chi connectivity index (χ2n) is 8.94. The molecule has 1 saturated heterocycles. The fourth-order valence-electron chi connectivity index (χ4n) is 3.57. The van der Waals surface area contributed by atoms with Crippen molar-refractivity contribution in [1.82, 2.24) is 15.1 Å². The van der Waals surface area contributed by atoms with Crippen molar-refractivity contribution in [1.29, 1.82) is 0 Å². The second-order valence-corrected chi connectivity index (χ2v) is 8.94. The van der Waals surface area contributed by atoms with Crippen molar-refractivity contribution in [3.63, 3.8) is 0 Å². The average molecular weight is 482 g/mol. The molecule has 28 heavy (non-hydrogen) atoms. The summed E-state index contributed by atoms with van der Waals surface area (Å²) in [6.07, 6.45) is 8.01. The number of nitrogens with zero attached hydrogens (tertiary/aromatic N) is 2. The Morgan fingerprint density at radius 1 is 1.21 bits per heavy atom. The molecular weight excluding hydrogens is 444 g/mol. The van der Waals surface area contributed by atoms with Gasteiger partial charge in [0.25, 0.3) is 0 Å². The molecule has 5 nitrogen and oxygen atoms in total. The summed E-state index contributed by atoms with van der Waals surface area (Å²) in [5.41, 5.74) is -0.366. The Hall–Kier alpha value is -0.347. The SMILES string of the molecule is C[C-]=C[C@H](C(C)C)N(C)C(=O)[C@@H](NC(=O)C1CCCCN1C)C(C)(C)C.[Co].[Co]. The van der Waals surface area contributed by atoms with Gasteiger partial charge in [0.15, 0.2) is 0 Å². The van der Waals surface area contributed by atoms with E-state index in [2.05, 4.69) is 30.1 Å². The Morgan fingerprint density at radius 3 is 2.21 bits per heavy atom. The van der Waals surface area contributed by atoms with Gasteiger partial charge in [-0.15, -0.1) is 0 Å². The minimum Gasteiger partial charge on any atom is -0.502 e. The summed E-state index contributed by atoms with van der Waals surface area (Å²) >= 11 is 0. The zero-order valence-corrected chi connectivity index (χ0v) is 20.7. The van der Waals surface area contributed by atoms with Gasteiger partial charge in [0, 0.05) is 46.6 Å². The van der Waals surface area contributed by atoms with E-state index in [1.54, 1.807) is 4.90 Å². The van der Waals surface area contributed by atoms with Crippen LogP contribution in [-0.2, 0) is 43.1 Å². The molecule has 0 saturated carbocycles. The van der Waals surface area contributed by atoms with Crippen molar-refractivity contribution < 1.29 is 43.1 Å². The van der Waals surface area contributed by atoms with E-state index in [-0.39, 0.29) is 68.8 Å². The number of amides is 2. The Bertz CT molecular complexity index is 518. The first-order chi connectivity index (χ1) is 12.0. The van der Waals surface area contributed by atoms with Crippen LogP contribution in [0.5, 0.6) is 0 Å². The quantitative estimate of drug-likeness (QED) is 0.593. The maximum absolute atomic E-state index is 13.3. The van der Waals surface area contributed by atoms with E-state index in [1.165, 1.54) is 0 Å². The summed E-state index contributed by atoms with van der Waals surface area (Å²) in [6.45, 7) is 12.9. The largest absolute Gasteiger partial charge is 0.502 e. The molecule has 168 valence electrons. The fourth-order valence-corrected chi connectivity index (χ4v) is 3.57. The molecule has 2 amide bonds. The number of carbonyl (C=O) groups is 2. The monoisotopic (exact) mass is 482 g/mol. The first-order valence-corrected chi connectivity index (χ1v) is 9.78. The van der Waals surface area contributed by atoms with Crippen LogP contribution in [0.15, 0.2) is 6.08 Å². The molecule has 1 fully saturated rings. The topological polar surface area (TPSA) is 52.7 Å². The van der Waals surface area contributed by atoms with Crippen LogP contribution in [-0.4, -0.2) is 60.4 Å². The van der Waals surface area contributed by atoms with Crippen molar-refractivity contribution in [3.05, 3.63) is 12.2 Å². The number of carbonyl (C=O) groups excluding carboxylic acids is 2. The minimum absolute atomic E-state index is 0. The molecule has 0 bridgehead atoms. The molecule has 0 aromatic carbocycles. The van der Waals surface area contributed by atoms with Gasteiger partial charge in [-0.3, -0.25) is 14.5 Å². The molecule has 0 aromatic heterocycles. The molecule has 1 N–H and O–H groups in total. The van der Waals surface area contributed by atoms with Gasteiger partial charge in [0.2, 0.25) is 11.8 Å². The first-order valence-electron chi connectivity index (χ1n) is 9.78. The smallest absolute Gasteiger partial charge is 0.245 e. The maximum Gasteiger partial charge on any atom is 0.245 e. The van der Waals surface area contributed by atoms with E-state index in [9.17, 15) is 9.59 Å². The number of hydrogen-bond acceptors (Lipinski definition) is 3. The van der Waals surface area contributed by atoms with E-state index >= 15 is 0 Å². The van der Waals surface area contributed by atoms with Crippen LogP contribution in [0.2, 0.25) is 0 Å². The number of hydrogen-bond donors (Lipinski definition) is 1. The predicted octanol–water partition coefficient (Wildman–Crippen LogP) is 2.86. The summed E-state index contributed by atoms with van der Waals surface area (Å²) in [6, 6.07) is -0.732.